The summed E-state index contributed by atoms with van der Waals surface area (Å²) in [6.45, 7) is 1.75. The van der Waals surface area contributed by atoms with E-state index in [2.05, 4.69) is 5.32 Å². The van der Waals surface area contributed by atoms with E-state index in [1.807, 2.05) is 12.1 Å². The summed E-state index contributed by atoms with van der Waals surface area (Å²) < 4.78 is 11.2. The van der Waals surface area contributed by atoms with Crippen molar-refractivity contribution in [1.29, 1.82) is 0 Å². The van der Waals surface area contributed by atoms with E-state index in [9.17, 15) is 18.9 Å². The Morgan fingerprint density at radius 2 is 2.14 bits per heavy atom. The zero-order valence-corrected chi connectivity index (χ0v) is 12.7. The highest BCUT2D eigenvalue weighted by Gasteiger charge is 2.38. The maximum absolute atomic E-state index is 12.4. The van der Waals surface area contributed by atoms with Crippen LogP contribution < -0.4 is 10.2 Å². The molecular weight excluding hydrogens is 292 g/mol. The molecule has 0 radical (unpaired) electrons. The molecule has 2 rings (SSSR count). The van der Waals surface area contributed by atoms with Crippen molar-refractivity contribution < 1.29 is 18.9 Å². The highest BCUT2D eigenvalue weighted by Crippen LogP contribution is 2.32. The molecule has 7 heteroatoms. The molecule has 114 valence electrons. The highest BCUT2D eigenvalue weighted by atomic mass is 32.2. The van der Waals surface area contributed by atoms with Gasteiger partial charge in [0, 0.05) is 41.0 Å². The van der Waals surface area contributed by atoms with Crippen LogP contribution in [0.25, 0.3) is 0 Å². The first-order valence-electron chi connectivity index (χ1n) is 6.60. The summed E-state index contributed by atoms with van der Waals surface area (Å²) in [5.74, 6) is -0.702. The third-order valence-corrected chi connectivity index (χ3v) is 4.30. The fraction of sp³-hybridized carbons (Fsp3) is 0.429. The molecule has 2 amide bonds. The molecule has 1 aliphatic heterocycles. The number of carbonyl (C=O) groups is 2. The molecule has 21 heavy (non-hydrogen) atoms. The van der Waals surface area contributed by atoms with Crippen LogP contribution in [0.4, 0.5) is 10.5 Å². The number of carbonyl (C=O) groups excluding carboxylic acids is 1. The van der Waals surface area contributed by atoms with Crippen molar-refractivity contribution in [2.45, 2.75) is 25.4 Å². The Morgan fingerprint density at radius 3 is 2.76 bits per heavy atom. The number of hydrogen-bond acceptors (Lipinski definition) is 3. The zero-order chi connectivity index (χ0) is 15.6. The third kappa shape index (κ3) is 3.41. The van der Waals surface area contributed by atoms with Gasteiger partial charge in [-0.25, -0.2) is 9.59 Å². The molecule has 2 unspecified atom stereocenters. The lowest BCUT2D eigenvalue weighted by Gasteiger charge is -2.25. The minimum absolute atomic E-state index is 0.287. The van der Waals surface area contributed by atoms with Gasteiger partial charge in [-0.2, -0.15) is 0 Å². The van der Waals surface area contributed by atoms with Crippen molar-refractivity contribution in [2.24, 2.45) is 0 Å². The van der Waals surface area contributed by atoms with Gasteiger partial charge in [0.1, 0.15) is 6.04 Å². The number of fused-ring (bicyclic) bond motifs is 1. The molecule has 0 saturated heterocycles. The second-order valence-electron chi connectivity index (χ2n) is 5.15. The normalized spacial score (nSPS) is 19.7. The van der Waals surface area contributed by atoms with E-state index in [0.29, 0.717) is 17.9 Å². The standard InChI is InChI=1S/C14H18N2O4S/c1-9(8-21(2)20)15-14(19)16-11-6-4-3-5-10(11)7-12(16)13(17)18/h3-6,9,12H,7-8H2,1-2H3,(H,15,19)(H,17,18)/t9?,12-,21?/m0/s1. The number of carboxylic acid groups (broad SMARTS) is 1. The lowest BCUT2D eigenvalue weighted by atomic mass is 10.1. The Bertz CT molecular complexity index is 590. The summed E-state index contributed by atoms with van der Waals surface area (Å²) in [6.07, 6.45) is 1.86. The first kappa shape index (κ1) is 15.5. The molecule has 6 nitrogen and oxygen atoms in total. The molecule has 0 aromatic heterocycles. The van der Waals surface area contributed by atoms with E-state index in [1.165, 1.54) is 4.90 Å². The number of aliphatic carboxylic acids is 1. The van der Waals surface area contributed by atoms with Gasteiger partial charge in [0.05, 0.1) is 0 Å². The maximum atomic E-state index is 12.4. The van der Waals surface area contributed by atoms with Gasteiger partial charge in [-0.15, -0.1) is 0 Å². The molecule has 0 bridgehead atoms. The predicted molar refractivity (Wildman–Crippen MR) is 81.0 cm³/mol. The van der Waals surface area contributed by atoms with Crippen LogP contribution in [0.3, 0.4) is 0 Å². The zero-order valence-electron chi connectivity index (χ0n) is 11.9. The van der Waals surface area contributed by atoms with E-state index < -0.39 is 28.8 Å². The maximum Gasteiger partial charge on any atom is 0.327 e. The second kappa shape index (κ2) is 6.26. The molecule has 1 heterocycles. The monoisotopic (exact) mass is 310 g/mol. The summed E-state index contributed by atoms with van der Waals surface area (Å²) in [5.41, 5.74) is 1.46. The largest absolute Gasteiger partial charge is 0.480 e. The van der Waals surface area contributed by atoms with E-state index >= 15 is 0 Å². The summed E-state index contributed by atoms with van der Waals surface area (Å²) in [6, 6.07) is 5.50. The third-order valence-electron chi connectivity index (χ3n) is 3.33. The van der Waals surface area contributed by atoms with E-state index in [1.54, 1.807) is 25.3 Å². The van der Waals surface area contributed by atoms with Gasteiger partial charge in [0.2, 0.25) is 0 Å². The van der Waals surface area contributed by atoms with Gasteiger partial charge < -0.3 is 10.4 Å². The Labute approximate surface area is 125 Å². The number of carboxylic acids is 1. The molecule has 1 aromatic carbocycles. The number of anilines is 1. The fourth-order valence-corrected chi connectivity index (χ4v) is 3.30. The number of para-hydroxylation sites is 1. The van der Waals surface area contributed by atoms with Crippen LogP contribution >= 0.6 is 0 Å². The average molecular weight is 310 g/mol. The lowest BCUT2D eigenvalue weighted by Crippen LogP contribution is -2.51. The summed E-state index contributed by atoms with van der Waals surface area (Å²) in [7, 11) is -1.03. The van der Waals surface area contributed by atoms with Crippen molar-refractivity contribution in [2.75, 3.05) is 16.9 Å². The van der Waals surface area contributed by atoms with Crippen LogP contribution in [-0.2, 0) is 22.0 Å². The van der Waals surface area contributed by atoms with Crippen molar-refractivity contribution in [1.82, 2.24) is 5.32 Å². The molecule has 3 atom stereocenters. The van der Waals surface area contributed by atoms with Gasteiger partial charge in [0.25, 0.3) is 0 Å². The molecule has 0 aliphatic carbocycles. The summed E-state index contributed by atoms with van der Waals surface area (Å²) in [5, 5.41) is 12.0. The van der Waals surface area contributed by atoms with Crippen molar-refractivity contribution >= 4 is 28.5 Å². The molecule has 0 spiro atoms. The Balaban J connectivity index is 2.20. The van der Waals surface area contributed by atoms with Crippen LogP contribution in [-0.4, -0.2) is 45.4 Å². The number of urea groups is 1. The van der Waals surface area contributed by atoms with E-state index in [0.717, 1.165) is 5.56 Å². The quantitative estimate of drug-likeness (QED) is 0.868. The van der Waals surface area contributed by atoms with Gasteiger partial charge in [-0.3, -0.25) is 9.11 Å². The van der Waals surface area contributed by atoms with Gasteiger partial charge in [-0.1, -0.05) is 18.2 Å². The Morgan fingerprint density at radius 1 is 1.48 bits per heavy atom. The number of nitrogens with zero attached hydrogens (tertiary/aromatic N) is 1. The number of nitrogens with one attached hydrogen (secondary N) is 1. The summed E-state index contributed by atoms with van der Waals surface area (Å²) in [4.78, 5) is 25.0. The smallest absolute Gasteiger partial charge is 0.327 e. The van der Waals surface area contributed by atoms with E-state index in [4.69, 9.17) is 0 Å². The van der Waals surface area contributed by atoms with Crippen molar-refractivity contribution in [3.05, 3.63) is 29.8 Å². The Kier molecular flexibility index (Phi) is 4.62. The number of rotatable bonds is 4. The van der Waals surface area contributed by atoms with Gasteiger partial charge in [-0.05, 0) is 18.6 Å². The lowest BCUT2D eigenvalue weighted by molar-refractivity contribution is -0.138. The minimum atomic E-state index is -1.03. The number of hydrogen-bond donors (Lipinski definition) is 2. The van der Waals surface area contributed by atoms with Crippen molar-refractivity contribution in [3.63, 3.8) is 0 Å². The van der Waals surface area contributed by atoms with Crippen LogP contribution in [0, 0.1) is 0 Å². The predicted octanol–water partition coefficient (Wildman–Crippen LogP) is 0.979. The number of amides is 2. The van der Waals surface area contributed by atoms with E-state index in [-0.39, 0.29) is 6.04 Å². The van der Waals surface area contributed by atoms with Gasteiger partial charge in [0.15, 0.2) is 0 Å². The fourth-order valence-electron chi connectivity index (χ4n) is 2.51. The second-order valence-corrected chi connectivity index (χ2v) is 6.63. The van der Waals surface area contributed by atoms with Gasteiger partial charge >= 0.3 is 12.0 Å². The molecule has 1 aliphatic rings. The van der Waals surface area contributed by atoms with Crippen LogP contribution in [0.5, 0.6) is 0 Å². The molecule has 2 N–H and O–H groups in total. The highest BCUT2D eigenvalue weighted by molar-refractivity contribution is 7.84. The van der Waals surface area contributed by atoms with Crippen LogP contribution in [0.2, 0.25) is 0 Å². The molecule has 1 aromatic rings. The summed E-state index contributed by atoms with van der Waals surface area (Å²) >= 11 is 0. The topological polar surface area (TPSA) is 86.7 Å². The molecule has 0 fully saturated rings. The van der Waals surface area contributed by atoms with Crippen LogP contribution in [0.1, 0.15) is 12.5 Å². The first-order chi connectivity index (χ1) is 9.90. The molecule has 0 saturated carbocycles. The first-order valence-corrected chi connectivity index (χ1v) is 8.33. The number of benzene rings is 1. The average Bonchev–Trinajstić information content (AvgIpc) is 2.76. The SMILES string of the molecule is CC(CS(C)=O)NC(=O)N1c2ccccc2C[C@H]1C(=O)O. The Hall–Kier alpha value is -1.89. The van der Waals surface area contributed by atoms with Crippen LogP contribution in [0.15, 0.2) is 24.3 Å². The molecular formula is C14H18N2O4S. The minimum Gasteiger partial charge on any atom is -0.480 e. The van der Waals surface area contributed by atoms with Crippen molar-refractivity contribution in [3.8, 4) is 0 Å².